The number of para-hydroxylation sites is 2. The third kappa shape index (κ3) is 2.80. The SMILES string of the molecule is C=CCc1ccccc1C(C=C)(c1ccccc1O)c1ccccc1O. The van der Waals surface area contributed by atoms with Crippen LogP contribution in [0.5, 0.6) is 11.5 Å². The van der Waals surface area contributed by atoms with Gasteiger partial charge >= 0.3 is 0 Å². The summed E-state index contributed by atoms with van der Waals surface area (Å²) in [4.78, 5) is 0. The summed E-state index contributed by atoms with van der Waals surface area (Å²) in [6.07, 6.45) is 4.31. The molecule has 0 aliphatic heterocycles. The molecule has 0 radical (unpaired) electrons. The number of hydrogen-bond donors (Lipinski definition) is 2. The Labute approximate surface area is 154 Å². The smallest absolute Gasteiger partial charge is 0.120 e. The fourth-order valence-corrected chi connectivity index (χ4v) is 3.62. The minimum absolute atomic E-state index is 0.157. The summed E-state index contributed by atoms with van der Waals surface area (Å²) >= 11 is 0. The minimum atomic E-state index is -0.893. The molecular weight excluding hydrogens is 320 g/mol. The van der Waals surface area contributed by atoms with E-state index in [9.17, 15) is 10.2 Å². The molecule has 0 atom stereocenters. The summed E-state index contributed by atoms with van der Waals surface area (Å²) in [5.41, 5.74) is 2.48. The van der Waals surface area contributed by atoms with Gasteiger partial charge in [0.05, 0.1) is 5.41 Å². The highest BCUT2D eigenvalue weighted by Gasteiger charge is 2.38. The van der Waals surface area contributed by atoms with E-state index in [2.05, 4.69) is 13.2 Å². The molecular formula is C24H22O2. The topological polar surface area (TPSA) is 40.5 Å². The van der Waals surface area contributed by atoms with Crippen LogP contribution in [0.2, 0.25) is 0 Å². The van der Waals surface area contributed by atoms with Crippen molar-refractivity contribution >= 4 is 0 Å². The van der Waals surface area contributed by atoms with Crippen molar-refractivity contribution in [1.29, 1.82) is 0 Å². The molecule has 3 aromatic carbocycles. The van der Waals surface area contributed by atoms with Gasteiger partial charge in [-0.1, -0.05) is 72.8 Å². The molecule has 130 valence electrons. The summed E-state index contributed by atoms with van der Waals surface area (Å²) < 4.78 is 0. The summed E-state index contributed by atoms with van der Waals surface area (Å²) in [6.45, 7) is 7.96. The van der Waals surface area contributed by atoms with Crippen molar-refractivity contribution in [2.24, 2.45) is 0 Å². The molecule has 0 saturated heterocycles. The predicted octanol–water partition coefficient (Wildman–Crippen LogP) is 5.35. The lowest BCUT2D eigenvalue weighted by Gasteiger charge is -2.35. The molecule has 2 N–H and O–H groups in total. The van der Waals surface area contributed by atoms with E-state index in [1.165, 1.54) is 0 Å². The van der Waals surface area contributed by atoms with Crippen molar-refractivity contribution in [2.45, 2.75) is 11.8 Å². The summed E-state index contributed by atoms with van der Waals surface area (Å²) in [5.74, 6) is 0.313. The van der Waals surface area contributed by atoms with Crippen molar-refractivity contribution in [3.05, 3.63) is 120 Å². The zero-order chi connectivity index (χ0) is 18.6. The predicted molar refractivity (Wildman–Crippen MR) is 107 cm³/mol. The molecule has 0 aromatic heterocycles. The molecule has 0 aliphatic carbocycles. The van der Waals surface area contributed by atoms with Crippen LogP contribution in [-0.4, -0.2) is 10.2 Å². The summed E-state index contributed by atoms with van der Waals surface area (Å²) in [6, 6.07) is 22.4. The second-order valence-electron chi connectivity index (χ2n) is 6.20. The van der Waals surface area contributed by atoms with E-state index in [0.29, 0.717) is 17.5 Å². The van der Waals surface area contributed by atoms with Crippen molar-refractivity contribution in [3.8, 4) is 11.5 Å². The van der Waals surface area contributed by atoms with E-state index < -0.39 is 5.41 Å². The Morgan fingerprint density at radius 1 is 0.692 bits per heavy atom. The maximum atomic E-state index is 10.7. The largest absolute Gasteiger partial charge is 0.508 e. The van der Waals surface area contributed by atoms with Gasteiger partial charge in [-0.05, 0) is 29.7 Å². The molecule has 2 nitrogen and oxygen atoms in total. The molecule has 3 rings (SSSR count). The van der Waals surface area contributed by atoms with Gasteiger partial charge in [-0.25, -0.2) is 0 Å². The Morgan fingerprint density at radius 3 is 1.62 bits per heavy atom. The monoisotopic (exact) mass is 342 g/mol. The van der Waals surface area contributed by atoms with Gasteiger partial charge in [0.15, 0.2) is 0 Å². The zero-order valence-electron chi connectivity index (χ0n) is 14.6. The van der Waals surface area contributed by atoms with E-state index in [4.69, 9.17) is 0 Å². The highest BCUT2D eigenvalue weighted by atomic mass is 16.3. The van der Waals surface area contributed by atoms with Gasteiger partial charge in [0, 0.05) is 11.1 Å². The van der Waals surface area contributed by atoms with E-state index in [-0.39, 0.29) is 11.5 Å². The van der Waals surface area contributed by atoms with Crippen molar-refractivity contribution in [3.63, 3.8) is 0 Å². The van der Waals surface area contributed by atoms with Gasteiger partial charge in [-0.3, -0.25) is 0 Å². The van der Waals surface area contributed by atoms with Crippen LogP contribution in [0.25, 0.3) is 0 Å². The van der Waals surface area contributed by atoms with Crippen LogP contribution in [0.15, 0.2) is 98.1 Å². The van der Waals surface area contributed by atoms with Gasteiger partial charge in [0.1, 0.15) is 11.5 Å². The standard InChI is InChI=1S/C24H22O2/c1-3-11-18-12-5-6-13-19(18)24(4-2,20-14-7-9-16-22(20)25)21-15-8-10-17-23(21)26/h3-10,12-17,25-26H,1-2,11H2. The number of allylic oxidation sites excluding steroid dienone is 2. The van der Waals surface area contributed by atoms with Gasteiger partial charge in [-0.15, -0.1) is 13.2 Å². The van der Waals surface area contributed by atoms with Crippen LogP contribution in [0.1, 0.15) is 22.3 Å². The molecule has 0 amide bonds. The lowest BCUT2D eigenvalue weighted by atomic mass is 9.67. The van der Waals surface area contributed by atoms with Gasteiger partial charge in [0.2, 0.25) is 0 Å². The van der Waals surface area contributed by atoms with Crippen molar-refractivity contribution in [2.75, 3.05) is 0 Å². The quantitative estimate of drug-likeness (QED) is 0.468. The number of rotatable bonds is 6. The number of aromatic hydroxyl groups is 2. The Morgan fingerprint density at radius 2 is 1.15 bits per heavy atom. The Balaban J connectivity index is 2.45. The number of benzene rings is 3. The Hall–Kier alpha value is -3.26. The highest BCUT2D eigenvalue weighted by molar-refractivity contribution is 5.63. The minimum Gasteiger partial charge on any atom is -0.508 e. The van der Waals surface area contributed by atoms with E-state index in [1.807, 2.05) is 54.6 Å². The van der Waals surface area contributed by atoms with Gasteiger partial charge in [-0.2, -0.15) is 0 Å². The lowest BCUT2D eigenvalue weighted by Crippen LogP contribution is -2.28. The van der Waals surface area contributed by atoms with Crippen LogP contribution in [0.4, 0.5) is 0 Å². The summed E-state index contributed by atoms with van der Waals surface area (Å²) in [5, 5.41) is 21.3. The molecule has 0 spiro atoms. The molecule has 0 saturated carbocycles. The van der Waals surface area contributed by atoms with Crippen LogP contribution >= 0.6 is 0 Å². The maximum Gasteiger partial charge on any atom is 0.120 e. The second kappa shape index (κ2) is 7.32. The molecule has 0 fully saturated rings. The highest BCUT2D eigenvalue weighted by Crippen LogP contribution is 2.47. The first-order chi connectivity index (χ1) is 12.6. The first kappa shape index (κ1) is 17.6. The number of phenolic OH excluding ortho intramolecular Hbond substituents is 2. The first-order valence-electron chi connectivity index (χ1n) is 8.55. The van der Waals surface area contributed by atoms with E-state index in [1.54, 1.807) is 30.3 Å². The van der Waals surface area contributed by atoms with Crippen LogP contribution in [-0.2, 0) is 11.8 Å². The average Bonchev–Trinajstić information content (AvgIpc) is 2.66. The van der Waals surface area contributed by atoms with E-state index >= 15 is 0 Å². The molecule has 0 unspecified atom stereocenters. The molecule has 0 heterocycles. The first-order valence-corrected chi connectivity index (χ1v) is 8.55. The zero-order valence-corrected chi connectivity index (χ0v) is 14.6. The molecule has 2 heteroatoms. The molecule has 26 heavy (non-hydrogen) atoms. The van der Waals surface area contributed by atoms with Crippen molar-refractivity contribution in [1.82, 2.24) is 0 Å². The molecule has 0 aliphatic rings. The third-order valence-corrected chi connectivity index (χ3v) is 4.77. The van der Waals surface area contributed by atoms with Crippen molar-refractivity contribution < 1.29 is 10.2 Å². The second-order valence-corrected chi connectivity index (χ2v) is 6.20. The Kier molecular flexibility index (Phi) is 4.94. The molecule has 0 bridgehead atoms. The fourth-order valence-electron chi connectivity index (χ4n) is 3.62. The normalized spacial score (nSPS) is 11.1. The summed E-state index contributed by atoms with van der Waals surface area (Å²) in [7, 11) is 0. The van der Waals surface area contributed by atoms with Crippen LogP contribution in [0, 0.1) is 0 Å². The number of phenols is 2. The van der Waals surface area contributed by atoms with E-state index in [0.717, 1.165) is 11.1 Å². The average molecular weight is 342 g/mol. The maximum absolute atomic E-state index is 10.7. The lowest BCUT2D eigenvalue weighted by molar-refractivity contribution is 0.449. The Bertz CT molecular complexity index is 895. The van der Waals surface area contributed by atoms with Gasteiger partial charge < -0.3 is 10.2 Å². The third-order valence-electron chi connectivity index (χ3n) is 4.77. The van der Waals surface area contributed by atoms with Gasteiger partial charge in [0.25, 0.3) is 0 Å². The molecule has 3 aromatic rings. The van der Waals surface area contributed by atoms with Crippen LogP contribution in [0.3, 0.4) is 0 Å². The fraction of sp³-hybridized carbons (Fsp3) is 0.0833. The van der Waals surface area contributed by atoms with Crippen LogP contribution < -0.4 is 0 Å². The number of hydrogen-bond acceptors (Lipinski definition) is 2.